The smallest absolute Gasteiger partial charge is 0.353 e. The Hall–Kier alpha value is -2.38. The lowest BCUT2D eigenvalue weighted by Gasteiger charge is -2.01. The zero-order chi connectivity index (χ0) is 12.1. The monoisotopic (exact) mass is 226 g/mol. The van der Waals surface area contributed by atoms with Gasteiger partial charge in [0.2, 0.25) is 11.8 Å². The maximum Gasteiger partial charge on any atom is 0.353 e. The number of amides is 2. The number of carboxylic acids is 1. The Kier molecular flexibility index (Phi) is 3.59. The van der Waals surface area contributed by atoms with Gasteiger partial charge in [0.15, 0.2) is 5.82 Å². The summed E-state index contributed by atoms with van der Waals surface area (Å²) in [6.07, 6.45) is 0. The van der Waals surface area contributed by atoms with Gasteiger partial charge in [-0.1, -0.05) is 0 Å². The Bertz CT molecular complexity index is 425. The number of nitrogens with one attached hydrogen (secondary N) is 3. The van der Waals surface area contributed by atoms with Gasteiger partial charge in [0, 0.05) is 13.0 Å². The number of hydrogen-bond acceptors (Lipinski definition) is 4. The van der Waals surface area contributed by atoms with Crippen molar-refractivity contribution in [3.05, 3.63) is 11.8 Å². The minimum Gasteiger partial charge on any atom is -0.477 e. The summed E-state index contributed by atoms with van der Waals surface area (Å²) in [5.74, 6) is -1.90. The number of carboxylic acid groups (broad SMARTS) is 1. The van der Waals surface area contributed by atoms with Crippen molar-refractivity contribution in [2.75, 3.05) is 11.9 Å². The molecule has 8 nitrogen and oxygen atoms in total. The molecule has 1 aromatic heterocycles. The van der Waals surface area contributed by atoms with E-state index >= 15 is 0 Å². The van der Waals surface area contributed by atoms with Crippen LogP contribution in [-0.2, 0) is 9.59 Å². The van der Waals surface area contributed by atoms with E-state index in [9.17, 15) is 14.4 Å². The fourth-order valence-electron chi connectivity index (χ4n) is 0.887. The van der Waals surface area contributed by atoms with E-state index in [0.29, 0.717) is 0 Å². The molecular weight excluding hydrogens is 216 g/mol. The molecule has 0 spiro atoms. The topological polar surface area (TPSA) is 124 Å². The quantitative estimate of drug-likeness (QED) is 0.534. The highest BCUT2D eigenvalue weighted by atomic mass is 16.4. The van der Waals surface area contributed by atoms with Crippen molar-refractivity contribution in [2.24, 2.45) is 0 Å². The first-order valence-electron chi connectivity index (χ1n) is 4.32. The van der Waals surface area contributed by atoms with Crippen LogP contribution in [0.1, 0.15) is 17.4 Å². The molecule has 0 aliphatic carbocycles. The second-order valence-electron chi connectivity index (χ2n) is 2.93. The van der Waals surface area contributed by atoms with Crippen LogP contribution < -0.4 is 10.6 Å². The number of aromatic nitrogens is 2. The first-order chi connectivity index (χ1) is 7.49. The standard InChI is InChI=1S/C8H10N4O4/c1-4(13)9-3-7(14)10-6-2-5(8(15)16)11-12-6/h2H,3H2,1H3,(H,9,13)(H,15,16)(H2,10,11,12,14). The lowest BCUT2D eigenvalue weighted by Crippen LogP contribution is -2.31. The van der Waals surface area contributed by atoms with Crippen molar-refractivity contribution in [3.63, 3.8) is 0 Å². The number of aromatic amines is 1. The molecule has 4 N–H and O–H groups in total. The van der Waals surface area contributed by atoms with Crippen LogP contribution >= 0.6 is 0 Å². The zero-order valence-electron chi connectivity index (χ0n) is 8.40. The van der Waals surface area contributed by atoms with Crippen LogP contribution in [0.4, 0.5) is 5.82 Å². The van der Waals surface area contributed by atoms with Crippen LogP contribution in [-0.4, -0.2) is 39.6 Å². The van der Waals surface area contributed by atoms with E-state index in [1.807, 2.05) is 0 Å². The molecule has 0 aliphatic heterocycles. The summed E-state index contributed by atoms with van der Waals surface area (Å²) in [6.45, 7) is 1.09. The van der Waals surface area contributed by atoms with Crippen molar-refractivity contribution >= 4 is 23.6 Å². The van der Waals surface area contributed by atoms with Crippen molar-refractivity contribution < 1.29 is 19.5 Å². The van der Waals surface area contributed by atoms with Gasteiger partial charge in [0.05, 0.1) is 6.54 Å². The minimum absolute atomic E-state index is 0.0905. The molecule has 0 aromatic carbocycles. The van der Waals surface area contributed by atoms with Gasteiger partial charge in [-0.25, -0.2) is 4.79 Å². The normalized spacial score (nSPS) is 9.56. The number of carbonyl (C=O) groups excluding carboxylic acids is 2. The maximum absolute atomic E-state index is 11.2. The van der Waals surface area contributed by atoms with Crippen LogP contribution in [0.5, 0.6) is 0 Å². The van der Waals surface area contributed by atoms with Crippen molar-refractivity contribution in [2.45, 2.75) is 6.92 Å². The Morgan fingerprint density at radius 3 is 2.69 bits per heavy atom. The third-order valence-corrected chi connectivity index (χ3v) is 1.57. The predicted octanol–water partition coefficient (Wildman–Crippen LogP) is -0.817. The van der Waals surface area contributed by atoms with Gasteiger partial charge < -0.3 is 15.7 Å². The lowest BCUT2D eigenvalue weighted by atomic mass is 10.4. The number of anilines is 1. The number of rotatable bonds is 4. The Labute approximate surface area is 90.0 Å². The van der Waals surface area contributed by atoms with Crippen molar-refractivity contribution in [3.8, 4) is 0 Å². The second-order valence-corrected chi connectivity index (χ2v) is 2.93. The molecule has 1 heterocycles. The number of aromatic carboxylic acids is 1. The molecule has 0 radical (unpaired) electrons. The fraction of sp³-hybridized carbons (Fsp3) is 0.250. The summed E-state index contributed by atoms with van der Waals surface area (Å²) in [4.78, 5) is 32.1. The van der Waals surface area contributed by atoms with Crippen LogP contribution in [0.25, 0.3) is 0 Å². The summed E-state index contributed by atoms with van der Waals surface area (Å²) in [5, 5.41) is 18.9. The largest absolute Gasteiger partial charge is 0.477 e. The molecule has 0 unspecified atom stereocenters. The second kappa shape index (κ2) is 4.91. The molecule has 0 saturated carbocycles. The highest BCUT2D eigenvalue weighted by Crippen LogP contribution is 2.04. The van der Waals surface area contributed by atoms with Crippen molar-refractivity contribution in [1.82, 2.24) is 15.5 Å². The summed E-state index contributed by atoms with van der Waals surface area (Å²) >= 11 is 0. The van der Waals surface area contributed by atoms with E-state index in [0.717, 1.165) is 0 Å². The summed E-state index contributed by atoms with van der Waals surface area (Å²) in [6, 6.07) is 1.17. The highest BCUT2D eigenvalue weighted by Gasteiger charge is 2.09. The SMILES string of the molecule is CC(=O)NCC(=O)Nc1cc(C(=O)O)[nH]n1. The number of hydrogen-bond donors (Lipinski definition) is 4. The van der Waals surface area contributed by atoms with Crippen LogP contribution in [0.15, 0.2) is 6.07 Å². The molecule has 2 amide bonds. The molecule has 0 saturated heterocycles. The Morgan fingerprint density at radius 2 is 2.19 bits per heavy atom. The van der Waals surface area contributed by atoms with Gasteiger partial charge in [-0.3, -0.25) is 14.7 Å². The molecule has 0 atom stereocenters. The number of carbonyl (C=O) groups is 3. The Balaban J connectivity index is 2.49. The van der Waals surface area contributed by atoms with Gasteiger partial charge >= 0.3 is 5.97 Å². The predicted molar refractivity (Wildman–Crippen MR) is 52.9 cm³/mol. The summed E-state index contributed by atoms with van der Waals surface area (Å²) < 4.78 is 0. The van der Waals surface area contributed by atoms with Crippen LogP contribution in [0.2, 0.25) is 0 Å². The Morgan fingerprint density at radius 1 is 1.50 bits per heavy atom. The van der Waals surface area contributed by atoms with E-state index in [1.165, 1.54) is 13.0 Å². The minimum atomic E-state index is -1.17. The summed E-state index contributed by atoms with van der Waals surface area (Å²) in [7, 11) is 0. The zero-order valence-corrected chi connectivity index (χ0v) is 8.40. The lowest BCUT2D eigenvalue weighted by molar-refractivity contribution is -0.122. The molecule has 86 valence electrons. The van der Waals surface area contributed by atoms with Crippen molar-refractivity contribution in [1.29, 1.82) is 0 Å². The highest BCUT2D eigenvalue weighted by molar-refractivity contribution is 5.94. The molecule has 0 bridgehead atoms. The van der Waals surface area contributed by atoms with E-state index < -0.39 is 11.9 Å². The average Bonchev–Trinajstić information content (AvgIpc) is 2.63. The molecule has 0 aliphatic rings. The number of nitrogens with zero attached hydrogens (tertiary/aromatic N) is 1. The van der Waals surface area contributed by atoms with Gasteiger partial charge in [0.1, 0.15) is 5.69 Å². The molecule has 0 fully saturated rings. The molecular formula is C8H10N4O4. The first kappa shape index (κ1) is 11.7. The number of H-pyrrole nitrogens is 1. The molecule has 1 aromatic rings. The maximum atomic E-state index is 11.2. The molecule has 8 heteroatoms. The fourth-order valence-corrected chi connectivity index (χ4v) is 0.887. The molecule has 16 heavy (non-hydrogen) atoms. The van der Waals surface area contributed by atoms with Gasteiger partial charge in [-0.2, -0.15) is 5.10 Å². The van der Waals surface area contributed by atoms with E-state index in [-0.39, 0.29) is 24.0 Å². The van der Waals surface area contributed by atoms with E-state index in [1.54, 1.807) is 0 Å². The first-order valence-corrected chi connectivity index (χ1v) is 4.32. The third kappa shape index (κ3) is 3.40. The van der Waals surface area contributed by atoms with E-state index in [2.05, 4.69) is 20.8 Å². The van der Waals surface area contributed by atoms with Gasteiger partial charge in [-0.15, -0.1) is 0 Å². The van der Waals surface area contributed by atoms with Gasteiger partial charge in [0.25, 0.3) is 0 Å². The van der Waals surface area contributed by atoms with E-state index in [4.69, 9.17) is 5.11 Å². The summed E-state index contributed by atoms with van der Waals surface area (Å²) in [5.41, 5.74) is -0.130. The third-order valence-electron chi connectivity index (χ3n) is 1.57. The average molecular weight is 226 g/mol. The van der Waals surface area contributed by atoms with Crippen LogP contribution in [0, 0.1) is 0 Å². The molecule has 1 rings (SSSR count). The van der Waals surface area contributed by atoms with Gasteiger partial charge in [-0.05, 0) is 0 Å². The van der Waals surface area contributed by atoms with Crippen LogP contribution in [0.3, 0.4) is 0 Å².